The summed E-state index contributed by atoms with van der Waals surface area (Å²) >= 11 is 0. The minimum atomic E-state index is -1.71. The number of carbonyl (C=O) groups is 1. The Morgan fingerprint density at radius 1 is 0.731 bits per heavy atom. The minimum absolute atomic E-state index is 0.0501. The maximum Gasteiger partial charge on any atom is 0.243 e. The normalized spacial score (nSPS) is 11.4. The molecule has 0 heterocycles. The largest absolute Gasteiger partial charge is 0.378 e. The molecule has 131 valence electrons. The molecule has 0 aliphatic rings. The molecule has 0 aromatic heterocycles. The quantitative estimate of drug-likeness (QED) is 0.540. The van der Waals surface area contributed by atoms with Crippen LogP contribution in [0.2, 0.25) is 19.6 Å². The zero-order chi connectivity index (χ0) is 18.6. The van der Waals surface area contributed by atoms with E-state index < -0.39 is 17.0 Å². The summed E-state index contributed by atoms with van der Waals surface area (Å²) in [5.41, 5.74) is 0.802. The average molecular weight is 375 g/mol. The summed E-state index contributed by atoms with van der Waals surface area (Å²) in [6.07, 6.45) is 0. The van der Waals surface area contributed by atoms with Crippen molar-refractivity contribution in [2.75, 3.05) is 0 Å². The van der Waals surface area contributed by atoms with Crippen molar-refractivity contribution in [3.05, 3.63) is 90.5 Å². The third kappa shape index (κ3) is 4.39. The topological polar surface area (TPSA) is 29.1 Å². The highest BCUT2D eigenvalue weighted by Crippen LogP contribution is 2.04. The summed E-state index contributed by atoms with van der Waals surface area (Å²) < 4.78 is 0. The Morgan fingerprint density at radius 3 is 1.69 bits per heavy atom. The van der Waals surface area contributed by atoms with Gasteiger partial charge in [0.05, 0.1) is 0 Å². The van der Waals surface area contributed by atoms with Gasteiger partial charge in [0.2, 0.25) is 5.91 Å². The highest BCUT2D eigenvalue weighted by Gasteiger charge is 2.26. The molecule has 0 saturated heterocycles. The second kappa shape index (κ2) is 7.85. The zero-order valence-electron chi connectivity index (χ0n) is 15.5. The van der Waals surface area contributed by atoms with Crippen LogP contribution in [0.3, 0.4) is 0 Å². The van der Waals surface area contributed by atoms with Crippen molar-refractivity contribution in [2.45, 2.75) is 19.6 Å². The molecule has 0 unspecified atom stereocenters. The number of carbonyl (C=O) groups excluding carboxylic acids is 1. The minimum Gasteiger partial charge on any atom is -0.378 e. The summed E-state index contributed by atoms with van der Waals surface area (Å²) in [7, 11) is -2.96. The first kappa shape index (κ1) is 18.4. The molecule has 4 heteroatoms. The standard InChI is InChI=1S/C22H24NOSi2/c1-26(2,3)23-22(24)20-16-10-11-17-21(20)25(18-12-6-4-7-13-18)19-14-8-5-9-15-19/h4-17H,1-3H3,(H,23,24). The van der Waals surface area contributed by atoms with Gasteiger partial charge in [-0.1, -0.05) is 109 Å². The van der Waals surface area contributed by atoms with E-state index in [1.165, 1.54) is 10.4 Å². The van der Waals surface area contributed by atoms with Gasteiger partial charge in [-0.25, -0.2) is 0 Å². The second-order valence-corrected chi connectivity index (χ2v) is 14.6. The van der Waals surface area contributed by atoms with Crippen molar-refractivity contribution in [1.29, 1.82) is 0 Å². The Labute approximate surface area is 158 Å². The summed E-state index contributed by atoms with van der Waals surface area (Å²) in [6, 6.07) is 29.2. The molecule has 26 heavy (non-hydrogen) atoms. The lowest BCUT2D eigenvalue weighted by Crippen LogP contribution is -2.55. The molecule has 2 nitrogen and oxygen atoms in total. The fourth-order valence-electron chi connectivity index (χ4n) is 2.99. The Bertz CT molecular complexity index is 834. The van der Waals surface area contributed by atoms with E-state index in [2.05, 4.69) is 79.2 Å². The van der Waals surface area contributed by atoms with Crippen LogP contribution in [0.25, 0.3) is 0 Å². The molecule has 1 N–H and O–H groups in total. The lowest BCUT2D eigenvalue weighted by molar-refractivity contribution is 0.0979. The van der Waals surface area contributed by atoms with E-state index in [0.717, 1.165) is 10.8 Å². The van der Waals surface area contributed by atoms with E-state index in [1.807, 2.05) is 30.3 Å². The number of amides is 1. The predicted molar refractivity (Wildman–Crippen MR) is 115 cm³/mol. The first-order chi connectivity index (χ1) is 12.5. The highest BCUT2D eigenvalue weighted by atomic mass is 28.3. The van der Waals surface area contributed by atoms with Crippen LogP contribution in [0.15, 0.2) is 84.9 Å². The third-order valence-electron chi connectivity index (χ3n) is 4.05. The molecule has 0 bridgehead atoms. The van der Waals surface area contributed by atoms with Crippen molar-refractivity contribution < 1.29 is 4.79 Å². The van der Waals surface area contributed by atoms with Gasteiger partial charge in [0, 0.05) is 5.56 Å². The molecule has 3 rings (SSSR count). The van der Waals surface area contributed by atoms with E-state index in [4.69, 9.17) is 0 Å². The van der Waals surface area contributed by atoms with Gasteiger partial charge in [0.1, 0.15) is 8.24 Å². The maximum absolute atomic E-state index is 13.0. The van der Waals surface area contributed by atoms with E-state index in [0.29, 0.717) is 0 Å². The van der Waals surface area contributed by atoms with Crippen LogP contribution in [0.1, 0.15) is 10.4 Å². The lowest BCUT2D eigenvalue weighted by atomic mass is 10.2. The van der Waals surface area contributed by atoms with Crippen LogP contribution in [0, 0.1) is 0 Å². The summed E-state index contributed by atoms with van der Waals surface area (Å²) in [5.74, 6) is 0.0501. The predicted octanol–water partition coefficient (Wildman–Crippen LogP) is 2.77. The fourth-order valence-corrected chi connectivity index (χ4v) is 6.55. The van der Waals surface area contributed by atoms with Gasteiger partial charge in [-0.15, -0.1) is 0 Å². The first-order valence-corrected chi connectivity index (χ1v) is 13.9. The van der Waals surface area contributed by atoms with Crippen molar-refractivity contribution >= 4 is 38.5 Å². The smallest absolute Gasteiger partial charge is 0.243 e. The molecule has 0 saturated carbocycles. The van der Waals surface area contributed by atoms with Gasteiger partial charge >= 0.3 is 0 Å². The molecule has 0 spiro atoms. The van der Waals surface area contributed by atoms with E-state index in [1.54, 1.807) is 0 Å². The molecule has 0 fully saturated rings. The van der Waals surface area contributed by atoms with Gasteiger partial charge < -0.3 is 4.98 Å². The summed E-state index contributed by atoms with van der Waals surface area (Å²) in [6.45, 7) is 6.44. The molecule has 0 aliphatic carbocycles. The molecule has 1 amide bonds. The van der Waals surface area contributed by atoms with Gasteiger partial charge in [0.25, 0.3) is 0 Å². The number of benzene rings is 3. The molecule has 1 radical (unpaired) electrons. The second-order valence-electron chi connectivity index (χ2n) is 7.36. The molecule has 3 aromatic carbocycles. The Hall–Kier alpha value is -2.44. The molecule has 0 atom stereocenters. The summed E-state index contributed by atoms with van der Waals surface area (Å²) in [4.78, 5) is 16.2. The molecular weight excluding hydrogens is 350 g/mol. The van der Waals surface area contributed by atoms with Crippen LogP contribution in [0.4, 0.5) is 0 Å². The van der Waals surface area contributed by atoms with Crippen LogP contribution in [-0.4, -0.2) is 22.9 Å². The highest BCUT2D eigenvalue weighted by molar-refractivity contribution is 6.96. The van der Waals surface area contributed by atoms with Crippen molar-refractivity contribution in [2.24, 2.45) is 0 Å². The number of hydrogen-bond donors (Lipinski definition) is 1. The van der Waals surface area contributed by atoms with Crippen LogP contribution in [0.5, 0.6) is 0 Å². The monoisotopic (exact) mass is 374 g/mol. The maximum atomic E-state index is 13.0. The van der Waals surface area contributed by atoms with E-state index in [9.17, 15) is 4.79 Å². The van der Waals surface area contributed by atoms with Crippen LogP contribution < -0.4 is 20.5 Å². The average Bonchev–Trinajstić information content (AvgIpc) is 2.63. The van der Waals surface area contributed by atoms with E-state index >= 15 is 0 Å². The summed E-state index contributed by atoms with van der Waals surface area (Å²) in [5, 5.41) is 3.72. The fraction of sp³-hybridized carbons (Fsp3) is 0.136. The lowest BCUT2D eigenvalue weighted by Gasteiger charge is -2.22. The molecule has 3 aromatic rings. The van der Waals surface area contributed by atoms with Gasteiger partial charge in [-0.3, -0.25) is 4.79 Å². The Balaban J connectivity index is 2.13. The molecule has 0 aliphatic heterocycles. The number of hydrogen-bond acceptors (Lipinski definition) is 1. The van der Waals surface area contributed by atoms with Crippen molar-refractivity contribution in [3.63, 3.8) is 0 Å². The number of rotatable bonds is 5. The van der Waals surface area contributed by atoms with Crippen molar-refractivity contribution in [3.8, 4) is 0 Å². The first-order valence-electron chi connectivity index (χ1n) is 8.85. The third-order valence-corrected chi connectivity index (χ3v) is 7.83. The van der Waals surface area contributed by atoms with E-state index in [-0.39, 0.29) is 5.91 Å². The van der Waals surface area contributed by atoms with Gasteiger partial charge in [-0.05, 0) is 11.3 Å². The van der Waals surface area contributed by atoms with Crippen molar-refractivity contribution in [1.82, 2.24) is 4.98 Å². The van der Waals surface area contributed by atoms with Gasteiger partial charge in [0.15, 0.2) is 8.80 Å². The van der Waals surface area contributed by atoms with Gasteiger partial charge in [-0.2, -0.15) is 0 Å². The Kier molecular flexibility index (Phi) is 5.54. The molecular formula is C22H24NOSi2. The SMILES string of the molecule is C[Si](C)(C)NC(=O)c1ccccc1[Si](c1ccccc1)c1ccccc1. The van der Waals surface area contributed by atoms with Crippen LogP contribution >= 0.6 is 0 Å². The number of nitrogens with one attached hydrogen (secondary N) is 1. The zero-order valence-corrected chi connectivity index (χ0v) is 17.5. The Morgan fingerprint density at radius 2 is 1.19 bits per heavy atom. The van der Waals surface area contributed by atoms with Crippen LogP contribution in [-0.2, 0) is 0 Å².